The van der Waals surface area contributed by atoms with Crippen LogP contribution in [-0.4, -0.2) is 44.4 Å². The molecule has 0 radical (unpaired) electrons. The number of pyridine rings is 1. The number of hydrogen-bond acceptors (Lipinski definition) is 4. The number of fused-ring (bicyclic) bond motifs is 1. The number of hydrogen-bond donors (Lipinski definition) is 0. The number of amides is 1. The number of likely N-dealkylation sites (tertiary alicyclic amines) is 1. The Hall–Kier alpha value is -2.89. The Labute approximate surface area is 139 Å². The summed E-state index contributed by atoms with van der Waals surface area (Å²) in [6.07, 6.45) is 10.4. The van der Waals surface area contributed by atoms with Gasteiger partial charge in [-0.05, 0) is 31.0 Å². The van der Waals surface area contributed by atoms with E-state index in [9.17, 15) is 4.79 Å². The van der Waals surface area contributed by atoms with E-state index in [1.807, 2.05) is 46.0 Å². The van der Waals surface area contributed by atoms with E-state index in [0.29, 0.717) is 18.0 Å². The number of carbonyl (C=O) groups is 1. The first-order valence-electron chi connectivity index (χ1n) is 8.08. The molecule has 122 valence electrons. The molecule has 0 aromatic carbocycles. The van der Waals surface area contributed by atoms with Crippen molar-refractivity contribution in [2.45, 2.75) is 18.9 Å². The molecule has 1 aliphatic heterocycles. The van der Waals surface area contributed by atoms with E-state index in [2.05, 4.69) is 9.97 Å². The van der Waals surface area contributed by atoms with Gasteiger partial charge in [0.1, 0.15) is 6.10 Å². The van der Waals surface area contributed by atoms with Crippen molar-refractivity contribution in [3.05, 3.63) is 60.8 Å². The van der Waals surface area contributed by atoms with Gasteiger partial charge in [-0.15, -0.1) is 0 Å². The Morgan fingerprint density at radius 1 is 1.29 bits per heavy atom. The molecule has 0 bridgehead atoms. The summed E-state index contributed by atoms with van der Waals surface area (Å²) in [7, 11) is 0. The Kier molecular flexibility index (Phi) is 3.86. The summed E-state index contributed by atoms with van der Waals surface area (Å²) in [4.78, 5) is 22.8. The van der Waals surface area contributed by atoms with E-state index in [1.165, 1.54) is 0 Å². The van der Waals surface area contributed by atoms with Gasteiger partial charge in [0.2, 0.25) is 5.88 Å². The summed E-state index contributed by atoms with van der Waals surface area (Å²) in [5, 5.41) is 0. The second-order valence-corrected chi connectivity index (χ2v) is 5.94. The van der Waals surface area contributed by atoms with E-state index < -0.39 is 0 Å². The maximum absolute atomic E-state index is 12.8. The predicted octanol–water partition coefficient (Wildman–Crippen LogP) is 2.41. The minimum absolute atomic E-state index is 0.0450. The second-order valence-electron chi connectivity index (χ2n) is 5.94. The molecule has 4 heterocycles. The lowest BCUT2D eigenvalue weighted by atomic mass is 10.1. The lowest BCUT2D eigenvalue weighted by Gasteiger charge is -2.32. The van der Waals surface area contributed by atoms with E-state index in [0.717, 1.165) is 24.9 Å². The average molecular weight is 322 g/mol. The molecule has 6 nitrogen and oxygen atoms in total. The fourth-order valence-electron chi connectivity index (χ4n) is 3.09. The van der Waals surface area contributed by atoms with Crippen LogP contribution in [0.25, 0.3) is 5.52 Å². The first-order valence-corrected chi connectivity index (χ1v) is 8.08. The molecule has 1 amide bonds. The molecule has 24 heavy (non-hydrogen) atoms. The lowest BCUT2D eigenvalue weighted by molar-refractivity contribution is 0.0527. The van der Waals surface area contributed by atoms with Gasteiger partial charge in [-0.3, -0.25) is 9.78 Å². The maximum Gasteiger partial charge on any atom is 0.255 e. The standard InChI is InChI=1S/C18H18N4O2/c23-18(14-10-15-4-1-2-8-21(15)12-14)22-9-3-5-16(13-22)24-17-11-19-6-7-20-17/h1-2,4,6-8,10-12,16H,3,5,9,13H2/t16-/m1/s1. The van der Waals surface area contributed by atoms with Gasteiger partial charge in [0.15, 0.2) is 0 Å². The van der Waals surface area contributed by atoms with Crippen LogP contribution in [0.3, 0.4) is 0 Å². The number of nitrogens with zero attached hydrogens (tertiary/aromatic N) is 4. The first-order chi connectivity index (χ1) is 11.8. The molecule has 1 aliphatic rings. The van der Waals surface area contributed by atoms with Crippen LogP contribution in [0.5, 0.6) is 5.88 Å². The van der Waals surface area contributed by atoms with Crippen molar-refractivity contribution < 1.29 is 9.53 Å². The summed E-state index contributed by atoms with van der Waals surface area (Å²) in [6, 6.07) is 7.84. The van der Waals surface area contributed by atoms with Crippen LogP contribution in [-0.2, 0) is 0 Å². The summed E-state index contributed by atoms with van der Waals surface area (Å²) >= 11 is 0. The normalized spacial score (nSPS) is 17.8. The SMILES string of the molecule is O=C(c1cc2ccccn2c1)N1CCC[C@@H](Oc2cnccn2)C1. The summed E-state index contributed by atoms with van der Waals surface area (Å²) in [5.41, 5.74) is 1.73. The summed E-state index contributed by atoms with van der Waals surface area (Å²) in [6.45, 7) is 1.33. The molecule has 4 rings (SSSR count). The largest absolute Gasteiger partial charge is 0.471 e. The quantitative estimate of drug-likeness (QED) is 0.743. The number of rotatable bonds is 3. The smallest absolute Gasteiger partial charge is 0.255 e. The van der Waals surface area contributed by atoms with E-state index >= 15 is 0 Å². The van der Waals surface area contributed by atoms with Crippen molar-refractivity contribution in [2.75, 3.05) is 13.1 Å². The average Bonchev–Trinajstić information content (AvgIpc) is 3.06. The van der Waals surface area contributed by atoms with E-state index in [1.54, 1.807) is 18.6 Å². The molecule has 0 N–H and O–H groups in total. The Morgan fingerprint density at radius 2 is 2.25 bits per heavy atom. The molecule has 0 aliphatic carbocycles. The maximum atomic E-state index is 12.8. The first kappa shape index (κ1) is 14.7. The van der Waals surface area contributed by atoms with Gasteiger partial charge in [0, 0.05) is 36.8 Å². The number of aromatic nitrogens is 3. The number of piperidine rings is 1. The highest BCUT2D eigenvalue weighted by Gasteiger charge is 2.26. The van der Waals surface area contributed by atoms with Crippen molar-refractivity contribution >= 4 is 11.4 Å². The third kappa shape index (κ3) is 2.95. The zero-order chi connectivity index (χ0) is 16.4. The molecule has 0 saturated carbocycles. The van der Waals surface area contributed by atoms with Crippen LogP contribution in [0.2, 0.25) is 0 Å². The molecule has 1 atom stereocenters. The molecule has 3 aromatic rings. The van der Waals surface area contributed by atoms with Crippen molar-refractivity contribution in [2.24, 2.45) is 0 Å². The van der Waals surface area contributed by atoms with Crippen LogP contribution in [0.4, 0.5) is 0 Å². The van der Waals surface area contributed by atoms with Crippen molar-refractivity contribution in [1.82, 2.24) is 19.3 Å². The molecular weight excluding hydrogens is 304 g/mol. The molecule has 3 aromatic heterocycles. The highest BCUT2D eigenvalue weighted by molar-refractivity contribution is 5.95. The van der Waals surface area contributed by atoms with Crippen molar-refractivity contribution in [1.29, 1.82) is 0 Å². The van der Waals surface area contributed by atoms with Gasteiger partial charge in [-0.1, -0.05) is 6.07 Å². The minimum Gasteiger partial charge on any atom is -0.471 e. The predicted molar refractivity (Wildman–Crippen MR) is 89.0 cm³/mol. The van der Waals surface area contributed by atoms with Gasteiger partial charge in [0.05, 0.1) is 18.3 Å². The molecule has 0 spiro atoms. The van der Waals surface area contributed by atoms with Crippen LogP contribution in [0, 0.1) is 0 Å². The van der Waals surface area contributed by atoms with Crippen LogP contribution in [0.1, 0.15) is 23.2 Å². The Bertz CT molecular complexity index is 813. The minimum atomic E-state index is -0.0450. The zero-order valence-corrected chi connectivity index (χ0v) is 13.2. The number of carbonyl (C=O) groups excluding carboxylic acids is 1. The van der Waals surface area contributed by atoms with Crippen LogP contribution >= 0.6 is 0 Å². The molecule has 6 heteroatoms. The zero-order valence-electron chi connectivity index (χ0n) is 13.2. The summed E-state index contributed by atoms with van der Waals surface area (Å²) < 4.78 is 7.82. The van der Waals surface area contributed by atoms with E-state index in [-0.39, 0.29) is 12.0 Å². The molecule has 1 fully saturated rings. The topological polar surface area (TPSA) is 59.7 Å². The highest BCUT2D eigenvalue weighted by Crippen LogP contribution is 2.19. The van der Waals surface area contributed by atoms with Gasteiger partial charge in [0.25, 0.3) is 5.91 Å². The van der Waals surface area contributed by atoms with Gasteiger partial charge >= 0.3 is 0 Å². The van der Waals surface area contributed by atoms with Crippen LogP contribution < -0.4 is 4.74 Å². The second kappa shape index (κ2) is 6.31. The molecule has 0 unspecified atom stereocenters. The monoisotopic (exact) mass is 322 g/mol. The molecular formula is C18H18N4O2. The van der Waals surface area contributed by atoms with Crippen molar-refractivity contribution in [3.63, 3.8) is 0 Å². The third-order valence-corrected chi connectivity index (χ3v) is 4.24. The third-order valence-electron chi connectivity index (χ3n) is 4.24. The Morgan fingerprint density at radius 3 is 3.08 bits per heavy atom. The van der Waals surface area contributed by atoms with Crippen LogP contribution in [0.15, 0.2) is 55.2 Å². The van der Waals surface area contributed by atoms with Gasteiger partial charge in [-0.25, -0.2) is 4.98 Å². The van der Waals surface area contributed by atoms with Gasteiger partial charge in [-0.2, -0.15) is 0 Å². The fourth-order valence-corrected chi connectivity index (χ4v) is 3.09. The van der Waals surface area contributed by atoms with Crippen molar-refractivity contribution in [3.8, 4) is 5.88 Å². The van der Waals surface area contributed by atoms with E-state index in [4.69, 9.17) is 4.74 Å². The Balaban J connectivity index is 1.48. The number of ether oxygens (including phenoxy) is 1. The highest BCUT2D eigenvalue weighted by atomic mass is 16.5. The molecule has 1 saturated heterocycles. The fraction of sp³-hybridized carbons (Fsp3) is 0.278. The summed E-state index contributed by atoms with van der Waals surface area (Å²) in [5.74, 6) is 0.553. The van der Waals surface area contributed by atoms with Gasteiger partial charge < -0.3 is 14.0 Å². The lowest BCUT2D eigenvalue weighted by Crippen LogP contribution is -2.44.